The van der Waals surface area contributed by atoms with Gasteiger partial charge in [-0.05, 0) is 61.7 Å². The summed E-state index contributed by atoms with van der Waals surface area (Å²) in [7, 11) is -1.93. The van der Waals surface area contributed by atoms with E-state index in [-0.39, 0.29) is 29.4 Å². The Morgan fingerprint density at radius 1 is 1.16 bits per heavy atom. The quantitative estimate of drug-likeness (QED) is 0.712. The van der Waals surface area contributed by atoms with Crippen LogP contribution in [0.2, 0.25) is 0 Å². The van der Waals surface area contributed by atoms with Crippen molar-refractivity contribution in [1.82, 2.24) is 9.62 Å². The number of carbonyl (C=O) groups excluding carboxylic acids is 1. The highest BCUT2D eigenvalue weighted by atomic mass is 32.2. The number of hydrogen-bond donors (Lipinski definition) is 1. The van der Waals surface area contributed by atoms with Gasteiger partial charge in [0.05, 0.1) is 17.4 Å². The van der Waals surface area contributed by atoms with E-state index in [1.165, 1.54) is 5.56 Å². The zero-order valence-corrected chi connectivity index (χ0v) is 19.0. The second-order valence-electron chi connectivity index (χ2n) is 8.57. The normalized spacial score (nSPS) is 19.3. The van der Waals surface area contributed by atoms with E-state index in [2.05, 4.69) is 21.8 Å². The van der Waals surface area contributed by atoms with E-state index in [1.807, 2.05) is 26.0 Å². The lowest BCUT2D eigenvalue weighted by Gasteiger charge is -2.18. The molecule has 1 atom stereocenters. The van der Waals surface area contributed by atoms with Crippen molar-refractivity contribution in [3.63, 3.8) is 0 Å². The molecule has 1 N–H and O–H groups in total. The smallest absolute Gasteiger partial charge is 0.240 e. The number of sulfonamides is 1. The van der Waals surface area contributed by atoms with Crippen molar-refractivity contribution in [2.75, 3.05) is 25.0 Å². The first-order chi connectivity index (χ1) is 14.7. The Hall–Kier alpha value is -2.42. The summed E-state index contributed by atoms with van der Waals surface area (Å²) in [4.78, 5) is 15.9. The molecule has 0 unspecified atom stereocenters. The first kappa shape index (κ1) is 21.8. The molecule has 2 aromatic rings. The van der Waals surface area contributed by atoms with Gasteiger partial charge in [0.15, 0.2) is 0 Å². The monoisotopic (exact) mass is 443 g/mol. The molecule has 4 rings (SSSR count). The summed E-state index contributed by atoms with van der Waals surface area (Å²) < 4.78 is 34.3. The van der Waals surface area contributed by atoms with Gasteiger partial charge in [0, 0.05) is 38.4 Å². The molecule has 2 aliphatic heterocycles. The number of fused-ring (bicyclic) bond motifs is 1. The van der Waals surface area contributed by atoms with Crippen LogP contribution < -0.4 is 14.4 Å². The summed E-state index contributed by atoms with van der Waals surface area (Å²) >= 11 is 0. The number of likely N-dealkylation sites (N-methyl/N-ethyl adjacent to an activating group) is 1. The van der Waals surface area contributed by atoms with Gasteiger partial charge in [0.1, 0.15) is 5.75 Å². The fourth-order valence-electron chi connectivity index (χ4n) is 4.18. The molecule has 2 aromatic carbocycles. The van der Waals surface area contributed by atoms with Gasteiger partial charge in [-0.15, -0.1) is 0 Å². The third-order valence-electron chi connectivity index (χ3n) is 5.73. The Bertz CT molecular complexity index is 1070. The Morgan fingerprint density at radius 3 is 2.61 bits per heavy atom. The van der Waals surface area contributed by atoms with Crippen molar-refractivity contribution in [2.24, 2.45) is 0 Å². The Labute approximate surface area is 184 Å². The van der Waals surface area contributed by atoms with Gasteiger partial charge in [0.25, 0.3) is 0 Å². The Balaban J connectivity index is 1.35. The molecule has 8 heteroatoms. The lowest BCUT2D eigenvalue weighted by Crippen LogP contribution is -2.37. The molecule has 0 aromatic heterocycles. The molecule has 2 aliphatic rings. The van der Waals surface area contributed by atoms with Crippen LogP contribution in [0.1, 0.15) is 31.4 Å². The summed E-state index contributed by atoms with van der Waals surface area (Å²) in [6, 6.07) is 12.8. The fourth-order valence-corrected chi connectivity index (χ4v) is 5.49. The minimum absolute atomic E-state index is 0.0206. The number of rotatable bonds is 7. The van der Waals surface area contributed by atoms with E-state index in [9.17, 15) is 13.2 Å². The van der Waals surface area contributed by atoms with Crippen molar-refractivity contribution in [1.29, 1.82) is 0 Å². The average Bonchev–Trinajstić information content (AvgIpc) is 3.26. The van der Waals surface area contributed by atoms with Gasteiger partial charge in [-0.2, -0.15) is 0 Å². The first-order valence-corrected chi connectivity index (χ1v) is 12.1. The topological polar surface area (TPSA) is 79.0 Å². The summed E-state index contributed by atoms with van der Waals surface area (Å²) in [5, 5.41) is 0. The molecule has 0 radical (unpaired) electrons. The summed E-state index contributed by atoms with van der Waals surface area (Å²) in [6.45, 7) is 6.27. The third-order valence-corrected chi connectivity index (χ3v) is 7.25. The standard InChI is InChI=1S/C23H29N3O4S/c1-16(2)30-20-6-4-17(5-7-20)14-26-11-10-19(15-26)24-31(28,29)21-8-9-22-18(12-21)13-23(27)25(22)3/h4-9,12,16,19,24H,10-11,13-15H2,1-3H3/t19-/m1/s1. The predicted molar refractivity (Wildman–Crippen MR) is 120 cm³/mol. The summed E-state index contributed by atoms with van der Waals surface area (Å²) in [5.41, 5.74) is 2.71. The second-order valence-corrected chi connectivity index (χ2v) is 10.3. The molecule has 0 saturated carbocycles. The first-order valence-electron chi connectivity index (χ1n) is 10.6. The van der Waals surface area contributed by atoms with Crippen LogP contribution in [0, 0.1) is 0 Å². The highest BCUT2D eigenvalue weighted by Gasteiger charge is 2.30. The van der Waals surface area contributed by atoms with Gasteiger partial charge >= 0.3 is 0 Å². The van der Waals surface area contributed by atoms with Crippen molar-refractivity contribution in [3.8, 4) is 5.75 Å². The molecule has 1 amide bonds. The van der Waals surface area contributed by atoms with E-state index in [0.717, 1.165) is 36.5 Å². The number of anilines is 1. The zero-order valence-electron chi connectivity index (χ0n) is 18.2. The largest absolute Gasteiger partial charge is 0.491 e. The highest BCUT2D eigenvalue weighted by Crippen LogP contribution is 2.30. The van der Waals surface area contributed by atoms with Crippen LogP contribution in [0.25, 0.3) is 0 Å². The van der Waals surface area contributed by atoms with E-state index in [0.29, 0.717) is 6.54 Å². The zero-order chi connectivity index (χ0) is 22.2. The van der Waals surface area contributed by atoms with E-state index in [1.54, 1.807) is 30.1 Å². The van der Waals surface area contributed by atoms with Crippen LogP contribution in [-0.4, -0.2) is 51.5 Å². The molecule has 2 heterocycles. The van der Waals surface area contributed by atoms with Gasteiger partial charge < -0.3 is 9.64 Å². The van der Waals surface area contributed by atoms with Gasteiger partial charge in [-0.25, -0.2) is 13.1 Å². The Morgan fingerprint density at radius 2 is 1.90 bits per heavy atom. The lowest BCUT2D eigenvalue weighted by molar-refractivity contribution is -0.117. The van der Waals surface area contributed by atoms with E-state index < -0.39 is 10.0 Å². The van der Waals surface area contributed by atoms with Crippen LogP contribution in [0.5, 0.6) is 5.75 Å². The number of hydrogen-bond acceptors (Lipinski definition) is 5. The third kappa shape index (κ3) is 4.92. The van der Waals surface area contributed by atoms with Crippen LogP contribution in [-0.2, 0) is 27.8 Å². The van der Waals surface area contributed by atoms with Crippen LogP contribution in [0.3, 0.4) is 0 Å². The second kappa shape index (κ2) is 8.61. The van der Waals surface area contributed by atoms with Crippen LogP contribution in [0.15, 0.2) is 47.4 Å². The molecule has 1 fully saturated rings. The maximum atomic E-state index is 12.9. The average molecular weight is 444 g/mol. The maximum Gasteiger partial charge on any atom is 0.240 e. The molecular weight excluding hydrogens is 414 g/mol. The van der Waals surface area contributed by atoms with Gasteiger partial charge in [-0.1, -0.05) is 12.1 Å². The number of nitrogens with zero attached hydrogens (tertiary/aromatic N) is 2. The van der Waals surface area contributed by atoms with Crippen LogP contribution >= 0.6 is 0 Å². The number of carbonyl (C=O) groups is 1. The number of ether oxygens (including phenoxy) is 1. The van der Waals surface area contributed by atoms with Crippen molar-refractivity contribution in [3.05, 3.63) is 53.6 Å². The maximum absolute atomic E-state index is 12.9. The van der Waals surface area contributed by atoms with Crippen molar-refractivity contribution in [2.45, 2.75) is 50.3 Å². The molecular formula is C23H29N3O4S. The lowest BCUT2D eigenvalue weighted by atomic mass is 10.2. The Kier molecular flexibility index (Phi) is 6.05. The predicted octanol–water partition coefficient (Wildman–Crippen LogP) is 2.55. The minimum Gasteiger partial charge on any atom is -0.491 e. The summed E-state index contributed by atoms with van der Waals surface area (Å²) in [6.07, 6.45) is 1.15. The van der Waals surface area contributed by atoms with E-state index >= 15 is 0 Å². The van der Waals surface area contributed by atoms with Crippen LogP contribution in [0.4, 0.5) is 5.69 Å². The number of amides is 1. The van der Waals surface area contributed by atoms with Gasteiger partial charge in [0.2, 0.25) is 15.9 Å². The molecule has 31 heavy (non-hydrogen) atoms. The van der Waals surface area contributed by atoms with Crippen molar-refractivity contribution >= 4 is 21.6 Å². The minimum atomic E-state index is -3.64. The molecule has 1 saturated heterocycles. The molecule has 166 valence electrons. The van der Waals surface area contributed by atoms with Crippen molar-refractivity contribution < 1.29 is 17.9 Å². The van der Waals surface area contributed by atoms with Gasteiger partial charge in [-0.3, -0.25) is 9.69 Å². The number of nitrogens with one attached hydrogen (secondary N) is 1. The molecule has 7 nitrogen and oxygen atoms in total. The SMILES string of the molecule is CC(C)Oc1ccc(CN2CC[C@@H](NS(=O)(=O)c3ccc4c(c3)CC(=O)N4C)C2)cc1. The highest BCUT2D eigenvalue weighted by molar-refractivity contribution is 7.89. The van der Waals surface area contributed by atoms with E-state index in [4.69, 9.17) is 4.74 Å². The molecule has 0 aliphatic carbocycles. The molecule has 0 bridgehead atoms. The number of benzene rings is 2. The number of likely N-dealkylation sites (tertiary alicyclic amines) is 1. The molecule has 0 spiro atoms. The fraction of sp³-hybridized carbons (Fsp3) is 0.435. The summed E-state index contributed by atoms with van der Waals surface area (Å²) in [5.74, 6) is 0.834.